The number of methoxy groups -OCH3 is 2. The van der Waals surface area contributed by atoms with E-state index >= 15 is 0 Å². The topological polar surface area (TPSA) is 41.9 Å². The van der Waals surface area contributed by atoms with Crippen molar-refractivity contribution >= 4 is 0 Å². The molecule has 29 heavy (non-hydrogen) atoms. The lowest BCUT2D eigenvalue weighted by atomic mass is 9.66. The number of likely N-dealkylation sites (tertiary alicyclic amines) is 1. The van der Waals surface area contributed by atoms with Crippen molar-refractivity contribution in [2.24, 2.45) is 5.92 Å². The van der Waals surface area contributed by atoms with Crippen LogP contribution in [0.5, 0.6) is 11.5 Å². The average molecular weight is 400 g/mol. The van der Waals surface area contributed by atoms with Gasteiger partial charge in [-0.2, -0.15) is 0 Å². The summed E-state index contributed by atoms with van der Waals surface area (Å²) in [5.41, 5.74) is 1.44. The summed E-state index contributed by atoms with van der Waals surface area (Å²) in [5.74, 6) is 1.33. The average Bonchev–Trinajstić information content (AvgIpc) is 2.73. The van der Waals surface area contributed by atoms with E-state index in [-0.39, 0.29) is 17.8 Å². The Kier molecular flexibility index (Phi) is 5.79. The smallest absolute Gasteiger partial charge is 0.161 e. The fourth-order valence-electron chi connectivity index (χ4n) is 5.27. The van der Waals surface area contributed by atoms with Gasteiger partial charge in [0, 0.05) is 25.0 Å². The molecule has 1 heterocycles. The highest BCUT2D eigenvalue weighted by Gasteiger charge is 2.48. The minimum atomic E-state index is -0.630. The zero-order valence-electron chi connectivity index (χ0n) is 17.2. The quantitative estimate of drug-likeness (QED) is 0.791. The first kappa shape index (κ1) is 20.2. The number of piperidine rings is 1. The molecule has 0 aromatic heterocycles. The third-order valence-corrected chi connectivity index (χ3v) is 6.70. The molecule has 0 bridgehead atoms. The lowest BCUT2D eigenvalue weighted by Crippen LogP contribution is -2.54. The molecule has 3 unspecified atom stereocenters. The minimum Gasteiger partial charge on any atom is -0.493 e. The van der Waals surface area contributed by atoms with E-state index in [0.29, 0.717) is 18.0 Å². The molecule has 1 saturated heterocycles. The standard InChI is InChI=1S/C24H30FNO3/c1-28-21-10-9-18(15-22(21)29-2)23-20-8-3-4-11-24(20,27)12-13-26(23)16-17-6-5-7-19(25)14-17/h5-7,9-10,14-15,20,23,27H,3-4,8,11-13,16H2,1-2H3. The summed E-state index contributed by atoms with van der Waals surface area (Å²) in [6.07, 6.45) is 4.82. The third-order valence-electron chi connectivity index (χ3n) is 6.70. The molecule has 5 heteroatoms. The molecule has 1 aliphatic carbocycles. The van der Waals surface area contributed by atoms with Crippen LogP contribution in [0, 0.1) is 11.7 Å². The van der Waals surface area contributed by atoms with Crippen LogP contribution in [-0.2, 0) is 6.54 Å². The number of benzene rings is 2. The highest BCUT2D eigenvalue weighted by Crippen LogP contribution is 2.50. The molecule has 4 rings (SSSR count). The number of aliphatic hydroxyl groups is 1. The predicted molar refractivity (Wildman–Crippen MR) is 111 cm³/mol. The Bertz CT molecular complexity index is 858. The number of nitrogens with zero attached hydrogens (tertiary/aromatic N) is 1. The fraction of sp³-hybridized carbons (Fsp3) is 0.500. The maximum Gasteiger partial charge on any atom is 0.161 e. The Morgan fingerprint density at radius 2 is 1.90 bits per heavy atom. The molecule has 1 saturated carbocycles. The molecule has 2 aliphatic rings. The van der Waals surface area contributed by atoms with Crippen LogP contribution in [0.2, 0.25) is 0 Å². The Morgan fingerprint density at radius 1 is 1.07 bits per heavy atom. The molecule has 1 N–H and O–H groups in total. The Balaban J connectivity index is 1.72. The van der Waals surface area contributed by atoms with Gasteiger partial charge in [0.05, 0.1) is 19.8 Å². The molecule has 0 radical (unpaired) electrons. The highest BCUT2D eigenvalue weighted by molar-refractivity contribution is 5.44. The van der Waals surface area contributed by atoms with Gasteiger partial charge in [0.25, 0.3) is 0 Å². The zero-order chi connectivity index (χ0) is 20.4. The number of fused-ring (bicyclic) bond motifs is 1. The highest BCUT2D eigenvalue weighted by atomic mass is 19.1. The molecule has 3 atom stereocenters. The fourth-order valence-corrected chi connectivity index (χ4v) is 5.27. The lowest BCUT2D eigenvalue weighted by molar-refractivity contribution is -0.126. The van der Waals surface area contributed by atoms with Gasteiger partial charge in [-0.1, -0.05) is 31.0 Å². The van der Waals surface area contributed by atoms with Crippen LogP contribution >= 0.6 is 0 Å². The number of hydrogen-bond donors (Lipinski definition) is 1. The summed E-state index contributed by atoms with van der Waals surface area (Å²) in [7, 11) is 3.28. The molecule has 2 aromatic carbocycles. The summed E-state index contributed by atoms with van der Waals surface area (Å²) < 4.78 is 24.7. The number of hydrogen-bond acceptors (Lipinski definition) is 4. The molecule has 0 amide bonds. The summed E-state index contributed by atoms with van der Waals surface area (Å²) in [5, 5.41) is 11.4. The van der Waals surface area contributed by atoms with Gasteiger partial charge in [-0.15, -0.1) is 0 Å². The summed E-state index contributed by atoms with van der Waals surface area (Å²) in [6.45, 7) is 1.44. The monoisotopic (exact) mass is 399 g/mol. The molecular weight excluding hydrogens is 369 g/mol. The maximum atomic E-state index is 13.8. The maximum absolute atomic E-state index is 13.8. The van der Waals surface area contributed by atoms with E-state index in [0.717, 1.165) is 49.8 Å². The van der Waals surface area contributed by atoms with Crippen molar-refractivity contribution < 1.29 is 19.0 Å². The zero-order valence-corrected chi connectivity index (χ0v) is 17.2. The third kappa shape index (κ3) is 3.99. The van der Waals surface area contributed by atoms with Gasteiger partial charge in [0.1, 0.15) is 5.82 Å². The predicted octanol–water partition coefficient (Wildman–Crippen LogP) is 4.71. The molecule has 156 valence electrons. The second-order valence-corrected chi connectivity index (χ2v) is 8.37. The molecule has 4 nitrogen and oxygen atoms in total. The Hall–Kier alpha value is -2.11. The van der Waals surface area contributed by atoms with E-state index in [2.05, 4.69) is 11.0 Å². The van der Waals surface area contributed by atoms with E-state index in [1.165, 1.54) is 6.07 Å². The number of halogens is 1. The second-order valence-electron chi connectivity index (χ2n) is 8.37. The summed E-state index contributed by atoms with van der Waals surface area (Å²) in [4.78, 5) is 2.39. The second kappa shape index (κ2) is 8.33. The van der Waals surface area contributed by atoms with E-state index in [4.69, 9.17) is 9.47 Å². The van der Waals surface area contributed by atoms with Gasteiger partial charge < -0.3 is 14.6 Å². The van der Waals surface area contributed by atoms with Gasteiger partial charge in [-0.25, -0.2) is 4.39 Å². The van der Waals surface area contributed by atoms with Gasteiger partial charge >= 0.3 is 0 Å². The van der Waals surface area contributed by atoms with Crippen LogP contribution in [0.15, 0.2) is 42.5 Å². The minimum absolute atomic E-state index is 0.0529. The largest absolute Gasteiger partial charge is 0.493 e. The van der Waals surface area contributed by atoms with Crippen molar-refractivity contribution in [3.63, 3.8) is 0 Å². The number of rotatable bonds is 5. The van der Waals surface area contributed by atoms with E-state index in [1.807, 2.05) is 18.2 Å². The first-order valence-electron chi connectivity index (χ1n) is 10.5. The van der Waals surface area contributed by atoms with Crippen LogP contribution in [0.1, 0.15) is 49.3 Å². The van der Waals surface area contributed by atoms with Crippen LogP contribution < -0.4 is 9.47 Å². The normalized spacial score (nSPS) is 27.3. The van der Waals surface area contributed by atoms with E-state index in [1.54, 1.807) is 26.4 Å². The van der Waals surface area contributed by atoms with Gasteiger partial charge in [0.2, 0.25) is 0 Å². The molecule has 1 aliphatic heterocycles. The summed E-state index contributed by atoms with van der Waals surface area (Å²) in [6, 6.07) is 12.9. The van der Waals surface area contributed by atoms with E-state index < -0.39 is 5.60 Å². The first-order valence-corrected chi connectivity index (χ1v) is 10.5. The Labute approximate surface area is 172 Å². The van der Waals surface area contributed by atoms with Crippen molar-refractivity contribution in [2.45, 2.75) is 50.3 Å². The van der Waals surface area contributed by atoms with Crippen molar-refractivity contribution in [3.05, 3.63) is 59.4 Å². The SMILES string of the molecule is COc1ccc(C2C3CCCCC3(O)CCN2Cc2cccc(F)c2)cc1OC. The van der Waals surface area contributed by atoms with Gasteiger partial charge in [-0.3, -0.25) is 4.90 Å². The van der Waals surface area contributed by atoms with Crippen LogP contribution in [0.3, 0.4) is 0 Å². The van der Waals surface area contributed by atoms with Crippen molar-refractivity contribution in [3.8, 4) is 11.5 Å². The van der Waals surface area contributed by atoms with Crippen molar-refractivity contribution in [1.82, 2.24) is 4.90 Å². The number of ether oxygens (including phenoxy) is 2. The van der Waals surface area contributed by atoms with Crippen LogP contribution in [0.4, 0.5) is 4.39 Å². The van der Waals surface area contributed by atoms with Gasteiger partial charge in [0.15, 0.2) is 11.5 Å². The lowest BCUT2D eigenvalue weighted by Gasteiger charge is -2.53. The van der Waals surface area contributed by atoms with Crippen LogP contribution in [0.25, 0.3) is 0 Å². The van der Waals surface area contributed by atoms with Crippen LogP contribution in [-0.4, -0.2) is 36.4 Å². The first-order chi connectivity index (χ1) is 14.0. The Morgan fingerprint density at radius 3 is 2.66 bits per heavy atom. The van der Waals surface area contributed by atoms with Crippen molar-refractivity contribution in [1.29, 1.82) is 0 Å². The van der Waals surface area contributed by atoms with Crippen molar-refractivity contribution in [2.75, 3.05) is 20.8 Å². The van der Waals surface area contributed by atoms with Gasteiger partial charge in [-0.05, 0) is 54.7 Å². The molecule has 0 spiro atoms. The van der Waals surface area contributed by atoms with E-state index in [9.17, 15) is 9.50 Å². The summed E-state index contributed by atoms with van der Waals surface area (Å²) >= 11 is 0. The molecule has 2 aromatic rings. The molecular formula is C24H30FNO3. The molecule has 2 fully saturated rings.